The predicted molar refractivity (Wildman–Crippen MR) is 78.6 cm³/mol. The zero-order chi connectivity index (χ0) is 13.9. The number of aromatic nitrogens is 1. The van der Waals surface area contributed by atoms with E-state index in [9.17, 15) is 4.79 Å². The van der Waals surface area contributed by atoms with E-state index in [4.69, 9.17) is 10.2 Å². The average Bonchev–Trinajstić information content (AvgIpc) is 3.10. The number of carbonyl (C=O) groups excluding carboxylic acids is 1. The zero-order valence-corrected chi connectivity index (χ0v) is 11.2. The van der Waals surface area contributed by atoms with Crippen LogP contribution in [0.1, 0.15) is 10.6 Å². The molecule has 0 spiro atoms. The molecule has 0 bridgehead atoms. The number of thiazole rings is 1. The fourth-order valence-corrected chi connectivity index (χ4v) is 2.35. The second-order valence-corrected chi connectivity index (χ2v) is 4.97. The normalized spacial score (nSPS) is 10.4. The highest BCUT2D eigenvalue weighted by molar-refractivity contribution is 7.13. The van der Waals surface area contributed by atoms with E-state index in [1.165, 1.54) is 17.6 Å². The van der Waals surface area contributed by atoms with E-state index in [2.05, 4.69) is 10.3 Å². The Labute approximate surface area is 119 Å². The summed E-state index contributed by atoms with van der Waals surface area (Å²) in [5.41, 5.74) is 7.99. The van der Waals surface area contributed by atoms with Crippen LogP contribution in [-0.4, -0.2) is 10.9 Å². The largest absolute Gasteiger partial charge is 0.459 e. The Morgan fingerprint density at radius 3 is 2.90 bits per heavy atom. The van der Waals surface area contributed by atoms with Gasteiger partial charge in [0, 0.05) is 16.6 Å². The number of carbonyl (C=O) groups is 1. The van der Waals surface area contributed by atoms with Crippen LogP contribution < -0.4 is 11.1 Å². The molecule has 3 rings (SSSR count). The Morgan fingerprint density at radius 2 is 2.20 bits per heavy atom. The van der Waals surface area contributed by atoms with Gasteiger partial charge in [0.05, 0.1) is 12.0 Å². The van der Waals surface area contributed by atoms with Crippen LogP contribution >= 0.6 is 11.3 Å². The molecule has 5 nitrogen and oxygen atoms in total. The molecule has 0 atom stereocenters. The van der Waals surface area contributed by atoms with Crippen molar-refractivity contribution in [3.63, 3.8) is 0 Å². The predicted octanol–water partition coefficient (Wildman–Crippen LogP) is 3.24. The molecule has 0 unspecified atom stereocenters. The van der Waals surface area contributed by atoms with Crippen molar-refractivity contribution < 1.29 is 9.21 Å². The molecule has 20 heavy (non-hydrogen) atoms. The molecule has 0 aliphatic heterocycles. The number of benzene rings is 1. The third kappa shape index (κ3) is 2.55. The van der Waals surface area contributed by atoms with Gasteiger partial charge in [-0.15, -0.1) is 11.3 Å². The Bertz CT molecular complexity index is 734. The Morgan fingerprint density at radius 1 is 1.30 bits per heavy atom. The smallest absolute Gasteiger partial charge is 0.291 e. The van der Waals surface area contributed by atoms with Crippen molar-refractivity contribution in [2.75, 3.05) is 11.1 Å². The number of rotatable bonds is 3. The average molecular weight is 285 g/mol. The van der Waals surface area contributed by atoms with Crippen LogP contribution in [-0.2, 0) is 0 Å². The van der Waals surface area contributed by atoms with Gasteiger partial charge in [0.2, 0.25) is 0 Å². The van der Waals surface area contributed by atoms with E-state index < -0.39 is 0 Å². The van der Waals surface area contributed by atoms with E-state index in [1.54, 1.807) is 18.2 Å². The lowest BCUT2D eigenvalue weighted by Crippen LogP contribution is -2.10. The van der Waals surface area contributed by atoms with Gasteiger partial charge in [0.25, 0.3) is 5.91 Å². The summed E-state index contributed by atoms with van der Waals surface area (Å²) in [5, 5.41) is 5.17. The quantitative estimate of drug-likeness (QED) is 0.774. The standard InChI is InChI=1S/C14H11N3O2S/c15-14-17-11(8-20-14)9-3-1-4-10(7-9)16-13(18)12-5-2-6-19-12/h1-8H,(H2,15,17)(H,16,18). The van der Waals surface area contributed by atoms with Crippen LogP contribution in [0, 0.1) is 0 Å². The van der Waals surface area contributed by atoms with Crippen molar-refractivity contribution in [3.8, 4) is 11.3 Å². The van der Waals surface area contributed by atoms with Gasteiger partial charge in [0.15, 0.2) is 10.9 Å². The fraction of sp³-hybridized carbons (Fsp3) is 0. The molecule has 3 aromatic rings. The molecule has 100 valence electrons. The van der Waals surface area contributed by atoms with Crippen molar-refractivity contribution in [3.05, 3.63) is 53.8 Å². The first kappa shape index (κ1) is 12.4. The van der Waals surface area contributed by atoms with Crippen molar-refractivity contribution in [2.45, 2.75) is 0 Å². The third-order valence-electron chi connectivity index (χ3n) is 2.68. The van der Waals surface area contributed by atoms with Gasteiger partial charge in [0.1, 0.15) is 0 Å². The molecule has 2 heterocycles. The molecule has 2 aromatic heterocycles. The summed E-state index contributed by atoms with van der Waals surface area (Å²) in [6, 6.07) is 10.7. The summed E-state index contributed by atoms with van der Waals surface area (Å²) in [6.45, 7) is 0. The number of amides is 1. The summed E-state index contributed by atoms with van der Waals surface area (Å²) in [4.78, 5) is 16.1. The highest BCUT2D eigenvalue weighted by Crippen LogP contribution is 2.25. The second kappa shape index (κ2) is 5.18. The Hall–Kier alpha value is -2.60. The monoisotopic (exact) mass is 285 g/mol. The Kier molecular flexibility index (Phi) is 3.22. The minimum Gasteiger partial charge on any atom is -0.459 e. The van der Waals surface area contributed by atoms with E-state index in [1.807, 2.05) is 23.6 Å². The summed E-state index contributed by atoms with van der Waals surface area (Å²) >= 11 is 1.38. The lowest BCUT2D eigenvalue weighted by molar-refractivity contribution is 0.0996. The molecule has 1 amide bonds. The van der Waals surface area contributed by atoms with Gasteiger partial charge in [-0.1, -0.05) is 12.1 Å². The lowest BCUT2D eigenvalue weighted by Gasteiger charge is -2.04. The van der Waals surface area contributed by atoms with Crippen LogP contribution in [0.2, 0.25) is 0 Å². The molecule has 6 heteroatoms. The van der Waals surface area contributed by atoms with Gasteiger partial charge in [-0.05, 0) is 24.3 Å². The summed E-state index contributed by atoms with van der Waals surface area (Å²) in [7, 11) is 0. The topological polar surface area (TPSA) is 81.1 Å². The van der Waals surface area contributed by atoms with E-state index in [0.29, 0.717) is 10.8 Å². The molecule has 1 aromatic carbocycles. The summed E-state index contributed by atoms with van der Waals surface area (Å²) < 4.78 is 5.05. The molecule has 0 fully saturated rings. The molecule has 0 saturated heterocycles. The fourth-order valence-electron chi connectivity index (χ4n) is 1.78. The molecule has 3 N–H and O–H groups in total. The van der Waals surface area contributed by atoms with Crippen molar-refractivity contribution in [2.24, 2.45) is 0 Å². The molecule has 0 aliphatic rings. The van der Waals surface area contributed by atoms with Crippen LogP contribution in [0.5, 0.6) is 0 Å². The number of nitrogens with zero attached hydrogens (tertiary/aromatic N) is 1. The first-order valence-corrected chi connectivity index (χ1v) is 6.76. The highest BCUT2D eigenvalue weighted by atomic mass is 32.1. The summed E-state index contributed by atoms with van der Waals surface area (Å²) in [6.07, 6.45) is 1.46. The van der Waals surface area contributed by atoms with Gasteiger partial charge in [-0.2, -0.15) is 0 Å². The lowest BCUT2D eigenvalue weighted by atomic mass is 10.1. The number of furan rings is 1. The number of anilines is 2. The first-order chi connectivity index (χ1) is 9.72. The van der Waals surface area contributed by atoms with Crippen LogP contribution in [0.15, 0.2) is 52.5 Å². The molecule has 0 radical (unpaired) electrons. The van der Waals surface area contributed by atoms with E-state index >= 15 is 0 Å². The van der Waals surface area contributed by atoms with Crippen LogP contribution in [0.25, 0.3) is 11.3 Å². The van der Waals surface area contributed by atoms with Crippen LogP contribution in [0.4, 0.5) is 10.8 Å². The van der Waals surface area contributed by atoms with E-state index in [-0.39, 0.29) is 11.7 Å². The van der Waals surface area contributed by atoms with Gasteiger partial charge >= 0.3 is 0 Å². The minimum atomic E-state index is -0.287. The van der Waals surface area contributed by atoms with Gasteiger partial charge < -0.3 is 15.5 Å². The molecular formula is C14H11N3O2S. The van der Waals surface area contributed by atoms with Crippen molar-refractivity contribution in [1.82, 2.24) is 4.98 Å². The maximum absolute atomic E-state index is 11.9. The summed E-state index contributed by atoms with van der Waals surface area (Å²) in [5.74, 6) is -0.0155. The SMILES string of the molecule is Nc1nc(-c2cccc(NC(=O)c3ccco3)c2)cs1. The number of hydrogen-bond acceptors (Lipinski definition) is 5. The van der Waals surface area contributed by atoms with Crippen molar-refractivity contribution >= 4 is 28.1 Å². The maximum Gasteiger partial charge on any atom is 0.291 e. The van der Waals surface area contributed by atoms with Crippen molar-refractivity contribution in [1.29, 1.82) is 0 Å². The highest BCUT2D eigenvalue weighted by Gasteiger charge is 2.09. The zero-order valence-electron chi connectivity index (χ0n) is 10.4. The third-order valence-corrected chi connectivity index (χ3v) is 3.36. The molecule has 0 saturated carbocycles. The van der Waals surface area contributed by atoms with E-state index in [0.717, 1.165) is 11.3 Å². The molecule has 0 aliphatic carbocycles. The number of hydrogen-bond donors (Lipinski definition) is 2. The number of nitrogens with two attached hydrogens (primary N) is 1. The number of nitrogens with one attached hydrogen (secondary N) is 1. The van der Waals surface area contributed by atoms with Gasteiger partial charge in [-0.25, -0.2) is 4.98 Å². The number of nitrogen functional groups attached to an aromatic ring is 1. The Balaban J connectivity index is 1.83. The van der Waals surface area contributed by atoms with Crippen LogP contribution in [0.3, 0.4) is 0 Å². The first-order valence-electron chi connectivity index (χ1n) is 5.89. The second-order valence-electron chi connectivity index (χ2n) is 4.08. The minimum absolute atomic E-state index is 0.272. The maximum atomic E-state index is 11.9. The molecular weight excluding hydrogens is 274 g/mol. The van der Waals surface area contributed by atoms with Gasteiger partial charge in [-0.3, -0.25) is 4.79 Å².